The first-order chi connectivity index (χ1) is 12.3. The van der Waals surface area contributed by atoms with Gasteiger partial charge in [-0.3, -0.25) is 4.79 Å². The van der Waals surface area contributed by atoms with Crippen LogP contribution in [0.1, 0.15) is 27.7 Å². The molecule has 2 heterocycles. The van der Waals surface area contributed by atoms with Gasteiger partial charge in [0, 0.05) is 5.69 Å². The lowest BCUT2D eigenvalue weighted by molar-refractivity contribution is -0.115. The first kappa shape index (κ1) is 18.1. The molecule has 0 aliphatic heterocycles. The van der Waals surface area contributed by atoms with Crippen LogP contribution >= 0.6 is 11.8 Å². The average Bonchev–Trinajstić information content (AvgIpc) is 3.26. The van der Waals surface area contributed by atoms with Crippen molar-refractivity contribution in [1.82, 2.24) is 30.2 Å². The van der Waals surface area contributed by atoms with Crippen LogP contribution in [-0.4, -0.2) is 41.3 Å². The van der Waals surface area contributed by atoms with Crippen LogP contribution in [0.15, 0.2) is 41.9 Å². The summed E-state index contributed by atoms with van der Waals surface area (Å²) >= 11 is 1.33. The van der Waals surface area contributed by atoms with E-state index in [1.165, 1.54) is 11.8 Å². The molecule has 0 saturated carbocycles. The van der Waals surface area contributed by atoms with Crippen LogP contribution in [0, 0.1) is 0 Å². The van der Waals surface area contributed by atoms with E-state index in [1.54, 1.807) is 17.2 Å². The summed E-state index contributed by atoms with van der Waals surface area (Å²) in [7, 11) is 0. The molecule has 0 fully saturated rings. The molecule has 0 aliphatic rings. The van der Waals surface area contributed by atoms with Crippen molar-refractivity contribution in [2.75, 3.05) is 5.32 Å². The fourth-order valence-electron chi connectivity index (χ4n) is 2.28. The number of aromatic nitrogens is 6. The number of thioether (sulfide) groups is 1. The molecule has 0 spiro atoms. The standard InChI is InChI=1S/C17H21N7OS/c1-11(26-16-21-22-23-24(16)17(2,3)4)15(25)20-13-7-5-12(6-8-13)14-9-18-10-19-14/h5-11H,1-4H3,(H,18,19)(H,20,25)/t11-/m1/s1. The Morgan fingerprint density at radius 3 is 2.62 bits per heavy atom. The summed E-state index contributed by atoms with van der Waals surface area (Å²) in [6.07, 6.45) is 3.39. The van der Waals surface area contributed by atoms with Crippen LogP contribution in [-0.2, 0) is 10.3 Å². The van der Waals surface area contributed by atoms with E-state index in [0.29, 0.717) is 5.16 Å². The molecule has 1 aromatic carbocycles. The quantitative estimate of drug-likeness (QED) is 0.669. The number of amides is 1. The van der Waals surface area contributed by atoms with Crippen molar-refractivity contribution in [3.63, 3.8) is 0 Å². The van der Waals surface area contributed by atoms with Gasteiger partial charge in [-0.25, -0.2) is 9.67 Å². The van der Waals surface area contributed by atoms with Gasteiger partial charge in [-0.1, -0.05) is 23.9 Å². The van der Waals surface area contributed by atoms with Gasteiger partial charge in [-0.05, 0) is 55.8 Å². The number of rotatable bonds is 5. The minimum Gasteiger partial charge on any atom is -0.345 e. The molecule has 0 radical (unpaired) electrons. The summed E-state index contributed by atoms with van der Waals surface area (Å²) in [5, 5.41) is 15.0. The zero-order chi connectivity index (χ0) is 18.7. The van der Waals surface area contributed by atoms with E-state index in [0.717, 1.165) is 16.9 Å². The molecule has 0 unspecified atom stereocenters. The molecule has 3 aromatic rings. The largest absolute Gasteiger partial charge is 0.345 e. The van der Waals surface area contributed by atoms with Gasteiger partial charge in [0.25, 0.3) is 0 Å². The zero-order valence-corrected chi connectivity index (χ0v) is 15.9. The fourth-order valence-corrected chi connectivity index (χ4v) is 3.25. The van der Waals surface area contributed by atoms with E-state index < -0.39 is 0 Å². The molecule has 1 amide bonds. The lowest BCUT2D eigenvalue weighted by Crippen LogP contribution is -2.27. The van der Waals surface area contributed by atoms with Crippen molar-refractivity contribution in [3.05, 3.63) is 36.8 Å². The summed E-state index contributed by atoms with van der Waals surface area (Å²) in [6, 6.07) is 7.59. The molecular weight excluding hydrogens is 350 g/mol. The highest BCUT2D eigenvalue weighted by Crippen LogP contribution is 2.26. The molecule has 2 aromatic heterocycles. The maximum atomic E-state index is 12.5. The van der Waals surface area contributed by atoms with Crippen molar-refractivity contribution in [2.45, 2.75) is 43.6 Å². The van der Waals surface area contributed by atoms with E-state index in [-0.39, 0.29) is 16.7 Å². The van der Waals surface area contributed by atoms with Crippen molar-refractivity contribution >= 4 is 23.4 Å². The molecule has 0 aliphatic carbocycles. The summed E-state index contributed by atoms with van der Waals surface area (Å²) in [5.41, 5.74) is 2.43. The molecule has 1 atom stereocenters. The topological polar surface area (TPSA) is 101 Å². The Bertz CT molecular complexity index is 865. The van der Waals surface area contributed by atoms with Crippen LogP contribution in [0.4, 0.5) is 5.69 Å². The molecule has 3 rings (SSSR count). The second-order valence-corrected chi connectivity index (χ2v) is 8.14. The molecular formula is C17H21N7OS. The average molecular weight is 371 g/mol. The molecule has 0 bridgehead atoms. The van der Waals surface area contributed by atoms with E-state index >= 15 is 0 Å². The number of nitrogens with one attached hydrogen (secondary N) is 2. The van der Waals surface area contributed by atoms with Crippen LogP contribution in [0.25, 0.3) is 11.3 Å². The number of hydrogen-bond acceptors (Lipinski definition) is 6. The Kier molecular flexibility index (Phi) is 5.08. The van der Waals surface area contributed by atoms with Gasteiger partial charge in [0.2, 0.25) is 11.1 Å². The third-order valence-electron chi connectivity index (χ3n) is 3.69. The number of hydrogen-bond donors (Lipinski definition) is 2. The molecule has 9 heteroatoms. The van der Waals surface area contributed by atoms with Gasteiger partial charge < -0.3 is 10.3 Å². The predicted octanol–water partition coefficient (Wildman–Crippen LogP) is 2.94. The van der Waals surface area contributed by atoms with Gasteiger partial charge in [-0.2, -0.15) is 0 Å². The Morgan fingerprint density at radius 2 is 2.00 bits per heavy atom. The van der Waals surface area contributed by atoms with Crippen LogP contribution < -0.4 is 5.32 Å². The summed E-state index contributed by atoms with van der Waals surface area (Å²) < 4.78 is 1.72. The normalized spacial score (nSPS) is 12.8. The van der Waals surface area contributed by atoms with Gasteiger partial charge in [-0.15, -0.1) is 5.10 Å². The highest BCUT2D eigenvalue weighted by Gasteiger charge is 2.24. The number of benzene rings is 1. The number of carbonyl (C=O) groups is 1. The lowest BCUT2D eigenvalue weighted by atomic mass is 10.1. The third kappa shape index (κ3) is 4.10. The lowest BCUT2D eigenvalue weighted by Gasteiger charge is -2.20. The molecule has 136 valence electrons. The van der Waals surface area contributed by atoms with E-state index in [9.17, 15) is 4.79 Å². The molecule has 8 nitrogen and oxygen atoms in total. The number of aromatic amines is 1. The van der Waals surface area contributed by atoms with Crippen molar-refractivity contribution in [2.24, 2.45) is 0 Å². The highest BCUT2D eigenvalue weighted by atomic mass is 32.2. The number of tetrazole rings is 1. The second-order valence-electron chi connectivity index (χ2n) is 6.84. The predicted molar refractivity (Wildman–Crippen MR) is 101 cm³/mol. The Hall–Kier alpha value is -2.68. The fraction of sp³-hybridized carbons (Fsp3) is 0.353. The van der Waals surface area contributed by atoms with Gasteiger partial charge in [0.15, 0.2) is 0 Å². The maximum Gasteiger partial charge on any atom is 0.237 e. The molecule has 2 N–H and O–H groups in total. The first-order valence-electron chi connectivity index (χ1n) is 8.20. The summed E-state index contributed by atoms with van der Waals surface area (Å²) in [4.78, 5) is 19.5. The van der Waals surface area contributed by atoms with E-state index in [2.05, 4.69) is 30.8 Å². The van der Waals surface area contributed by atoms with Crippen LogP contribution in [0.5, 0.6) is 0 Å². The number of nitrogens with zero attached hydrogens (tertiary/aromatic N) is 5. The minimum absolute atomic E-state index is 0.104. The van der Waals surface area contributed by atoms with Gasteiger partial charge in [0.05, 0.1) is 29.0 Å². The zero-order valence-electron chi connectivity index (χ0n) is 15.1. The van der Waals surface area contributed by atoms with Crippen LogP contribution in [0.3, 0.4) is 0 Å². The van der Waals surface area contributed by atoms with Crippen molar-refractivity contribution < 1.29 is 4.79 Å². The molecule has 0 saturated heterocycles. The highest BCUT2D eigenvalue weighted by molar-refractivity contribution is 8.00. The van der Waals surface area contributed by atoms with Crippen LogP contribution in [0.2, 0.25) is 0 Å². The minimum atomic E-state index is -0.339. The Labute approximate surface area is 155 Å². The summed E-state index contributed by atoms with van der Waals surface area (Å²) in [5.74, 6) is -0.104. The Morgan fingerprint density at radius 1 is 1.27 bits per heavy atom. The monoisotopic (exact) mass is 371 g/mol. The SMILES string of the molecule is C[C@@H](Sc1nnnn1C(C)(C)C)C(=O)Nc1ccc(-c2cnc[nH]2)cc1. The number of carbonyl (C=O) groups excluding carboxylic acids is 1. The van der Waals surface area contributed by atoms with Gasteiger partial charge in [0.1, 0.15) is 0 Å². The third-order valence-corrected chi connectivity index (χ3v) is 4.72. The number of imidazole rings is 1. The first-order valence-corrected chi connectivity index (χ1v) is 9.08. The van der Waals surface area contributed by atoms with Crippen molar-refractivity contribution in [3.8, 4) is 11.3 Å². The summed E-state index contributed by atoms with van der Waals surface area (Å²) in [6.45, 7) is 7.87. The number of H-pyrrole nitrogens is 1. The molecule has 26 heavy (non-hydrogen) atoms. The maximum absolute atomic E-state index is 12.5. The van der Waals surface area contributed by atoms with Gasteiger partial charge >= 0.3 is 0 Å². The van der Waals surface area contributed by atoms with E-state index in [1.807, 2.05) is 52.0 Å². The van der Waals surface area contributed by atoms with E-state index in [4.69, 9.17) is 0 Å². The second kappa shape index (κ2) is 7.28. The number of anilines is 1. The smallest absolute Gasteiger partial charge is 0.237 e. The Balaban J connectivity index is 1.64. The van der Waals surface area contributed by atoms with Crippen molar-refractivity contribution in [1.29, 1.82) is 0 Å².